The minimum absolute atomic E-state index is 0.222. The largest absolute Gasteiger partial charge is 0.339 e. The molecule has 1 aromatic heterocycles. The predicted octanol–water partition coefficient (Wildman–Crippen LogP) is 5.62. The molecule has 4 aromatic rings. The second-order valence-electron chi connectivity index (χ2n) is 8.76. The molecule has 0 spiro atoms. The summed E-state index contributed by atoms with van der Waals surface area (Å²) in [5.41, 5.74) is 2.39. The van der Waals surface area contributed by atoms with Crippen molar-refractivity contribution in [2.75, 3.05) is 7.05 Å². The first-order valence-corrected chi connectivity index (χ1v) is 10.9. The fraction of sp³-hybridized carbons (Fsp3) is 0.308. The van der Waals surface area contributed by atoms with Crippen LogP contribution in [0.3, 0.4) is 0 Å². The first-order chi connectivity index (χ1) is 14.8. The number of hydrogen-bond acceptors (Lipinski definition) is 4. The molecule has 2 aliphatic heterocycles. The number of likely N-dealkylation sites (N-methyl/N-ethyl adjacent to an activating group) is 1. The maximum Gasteiger partial charge on any atom is 0.232 e. The number of aromatic nitrogens is 2. The lowest BCUT2D eigenvalue weighted by molar-refractivity contribution is 0.120. The average Bonchev–Trinajstić information content (AvgIpc) is 3.36. The standard InChI is InChI=1S/C26H25N3O/c1-29-21-13-14-23(29)24(26-27-25(28-30-26)18-8-3-2-4-9-18)22(16-21)20-12-11-17-7-5-6-10-19(17)15-20/h2-12,15,21-24H,13-14,16H2,1H3/t21-,22+,23+,24+/m0/s1. The molecule has 2 bridgehead atoms. The molecule has 0 amide bonds. The van der Waals surface area contributed by atoms with E-state index in [1.54, 1.807) is 0 Å². The summed E-state index contributed by atoms with van der Waals surface area (Å²) in [5.74, 6) is 2.09. The summed E-state index contributed by atoms with van der Waals surface area (Å²) in [6, 6.07) is 26.7. The highest BCUT2D eigenvalue weighted by Gasteiger charge is 2.48. The Morgan fingerprint density at radius 3 is 2.57 bits per heavy atom. The third-order valence-corrected chi connectivity index (χ3v) is 7.23. The molecule has 3 aromatic carbocycles. The van der Waals surface area contributed by atoms with Crippen molar-refractivity contribution >= 4 is 10.8 Å². The van der Waals surface area contributed by atoms with Gasteiger partial charge in [-0.05, 0) is 48.6 Å². The van der Waals surface area contributed by atoms with E-state index in [9.17, 15) is 0 Å². The molecule has 2 aliphatic rings. The van der Waals surface area contributed by atoms with E-state index < -0.39 is 0 Å². The zero-order valence-corrected chi connectivity index (χ0v) is 17.1. The van der Waals surface area contributed by atoms with E-state index in [-0.39, 0.29) is 5.92 Å². The summed E-state index contributed by atoms with van der Waals surface area (Å²) >= 11 is 0. The second-order valence-corrected chi connectivity index (χ2v) is 8.76. The summed E-state index contributed by atoms with van der Waals surface area (Å²) in [4.78, 5) is 7.44. The number of piperidine rings is 1. The van der Waals surface area contributed by atoms with Crippen molar-refractivity contribution in [3.8, 4) is 11.4 Å². The van der Waals surface area contributed by atoms with Crippen LogP contribution in [0.1, 0.15) is 42.6 Å². The number of fused-ring (bicyclic) bond motifs is 3. The number of nitrogens with zero attached hydrogens (tertiary/aromatic N) is 3. The third kappa shape index (κ3) is 2.86. The molecule has 30 heavy (non-hydrogen) atoms. The van der Waals surface area contributed by atoms with Crippen LogP contribution in [0, 0.1) is 0 Å². The molecule has 0 aliphatic carbocycles. The van der Waals surface area contributed by atoms with Crippen LogP contribution in [0.2, 0.25) is 0 Å². The minimum Gasteiger partial charge on any atom is -0.339 e. The molecule has 0 N–H and O–H groups in total. The maximum atomic E-state index is 5.91. The van der Waals surface area contributed by atoms with Gasteiger partial charge < -0.3 is 4.52 Å². The highest BCUT2D eigenvalue weighted by atomic mass is 16.5. The fourth-order valence-corrected chi connectivity index (χ4v) is 5.66. The van der Waals surface area contributed by atoms with Gasteiger partial charge in [-0.25, -0.2) is 0 Å². The lowest BCUT2D eigenvalue weighted by atomic mass is 9.75. The van der Waals surface area contributed by atoms with E-state index in [1.165, 1.54) is 29.2 Å². The average molecular weight is 396 g/mol. The second kappa shape index (κ2) is 7.06. The van der Waals surface area contributed by atoms with Gasteiger partial charge in [-0.2, -0.15) is 4.98 Å². The van der Waals surface area contributed by atoms with Gasteiger partial charge >= 0.3 is 0 Å². The Morgan fingerprint density at radius 1 is 0.900 bits per heavy atom. The van der Waals surface area contributed by atoms with Gasteiger partial charge in [0, 0.05) is 17.6 Å². The van der Waals surface area contributed by atoms with Crippen molar-refractivity contribution in [1.29, 1.82) is 0 Å². The van der Waals surface area contributed by atoms with E-state index in [2.05, 4.69) is 59.6 Å². The SMILES string of the molecule is CN1[C@H]2CC[C@@H]1[C@H](c1nc(-c3ccccc3)no1)[C@@H](c1ccc3ccccc3c1)C2. The summed E-state index contributed by atoms with van der Waals surface area (Å²) < 4.78 is 5.91. The number of rotatable bonds is 3. The Bertz CT molecular complexity index is 1190. The van der Waals surface area contributed by atoms with Crippen molar-refractivity contribution in [2.24, 2.45) is 0 Å². The van der Waals surface area contributed by atoms with Gasteiger partial charge in [0.15, 0.2) is 0 Å². The molecule has 2 fully saturated rings. The highest BCUT2D eigenvalue weighted by molar-refractivity contribution is 5.83. The van der Waals surface area contributed by atoms with Crippen LogP contribution in [-0.2, 0) is 0 Å². The van der Waals surface area contributed by atoms with Crippen LogP contribution in [0.25, 0.3) is 22.2 Å². The van der Waals surface area contributed by atoms with Crippen molar-refractivity contribution in [3.63, 3.8) is 0 Å². The third-order valence-electron chi connectivity index (χ3n) is 7.23. The van der Waals surface area contributed by atoms with E-state index >= 15 is 0 Å². The normalized spacial score (nSPS) is 26.3. The first-order valence-electron chi connectivity index (χ1n) is 10.9. The minimum atomic E-state index is 0.222. The van der Waals surface area contributed by atoms with Gasteiger partial charge in [-0.1, -0.05) is 78.0 Å². The van der Waals surface area contributed by atoms with Gasteiger partial charge in [-0.3, -0.25) is 4.90 Å². The van der Waals surface area contributed by atoms with Crippen LogP contribution < -0.4 is 0 Å². The van der Waals surface area contributed by atoms with Gasteiger partial charge in [0.2, 0.25) is 11.7 Å². The van der Waals surface area contributed by atoms with Crippen LogP contribution in [0.15, 0.2) is 77.3 Å². The highest BCUT2D eigenvalue weighted by Crippen LogP contribution is 2.50. The van der Waals surface area contributed by atoms with Crippen molar-refractivity contribution in [2.45, 2.75) is 43.2 Å². The summed E-state index contributed by atoms with van der Waals surface area (Å²) in [6.07, 6.45) is 3.58. The molecule has 2 saturated heterocycles. The van der Waals surface area contributed by atoms with Crippen LogP contribution in [0.4, 0.5) is 0 Å². The smallest absolute Gasteiger partial charge is 0.232 e. The molecule has 6 rings (SSSR count). The van der Waals surface area contributed by atoms with Crippen LogP contribution >= 0.6 is 0 Å². The van der Waals surface area contributed by atoms with E-state index in [0.717, 1.165) is 17.9 Å². The molecule has 150 valence electrons. The van der Waals surface area contributed by atoms with Crippen molar-refractivity contribution < 1.29 is 4.52 Å². The quantitative estimate of drug-likeness (QED) is 0.451. The molecule has 4 atom stereocenters. The first kappa shape index (κ1) is 17.8. The Hall–Kier alpha value is -2.98. The van der Waals surface area contributed by atoms with Gasteiger partial charge in [0.05, 0.1) is 5.92 Å². The van der Waals surface area contributed by atoms with E-state index in [4.69, 9.17) is 9.51 Å². The lowest BCUT2D eigenvalue weighted by Crippen LogP contribution is -2.44. The number of hydrogen-bond donors (Lipinski definition) is 0. The number of benzene rings is 3. The molecule has 0 saturated carbocycles. The Morgan fingerprint density at radius 2 is 1.70 bits per heavy atom. The van der Waals surface area contributed by atoms with Crippen LogP contribution in [-0.4, -0.2) is 34.2 Å². The summed E-state index contributed by atoms with van der Waals surface area (Å²) in [6.45, 7) is 0. The zero-order chi connectivity index (χ0) is 20.1. The molecule has 0 radical (unpaired) electrons. The predicted molar refractivity (Wildman–Crippen MR) is 118 cm³/mol. The maximum absolute atomic E-state index is 5.91. The summed E-state index contributed by atoms with van der Waals surface area (Å²) in [5, 5.41) is 6.93. The fourth-order valence-electron chi connectivity index (χ4n) is 5.66. The Labute approximate surface area is 176 Å². The molecule has 3 heterocycles. The summed E-state index contributed by atoms with van der Waals surface area (Å²) in [7, 11) is 2.26. The van der Waals surface area contributed by atoms with Gasteiger partial charge in [-0.15, -0.1) is 0 Å². The van der Waals surface area contributed by atoms with Crippen molar-refractivity contribution in [3.05, 3.63) is 84.3 Å². The molecule has 4 heteroatoms. The lowest BCUT2D eigenvalue weighted by Gasteiger charge is -2.41. The molecule has 0 unspecified atom stereocenters. The molecular formula is C26H25N3O. The Balaban J connectivity index is 1.43. The molecular weight excluding hydrogens is 370 g/mol. The monoisotopic (exact) mass is 395 g/mol. The van der Waals surface area contributed by atoms with E-state index in [0.29, 0.717) is 23.8 Å². The van der Waals surface area contributed by atoms with Crippen LogP contribution in [0.5, 0.6) is 0 Å². The Kier molecular flexibility index (Phi) is 4.20. The topological polar surface area (TPSA) is 42.2 Å². The van der Waals surface area contributed by atoms with Crippen molar-refractivity contribution in [1.82, 2.24) is 15.0 Å². The van der Waals surface area contributed by atoms with Gasteiger partial charge in [0.1, 0.15) is 0 Å². The molecule has 4 nitrogen and oxygen atoms in total. The van der Waals surface area contributed by atoms with Gasteiger partial charge in [0.25, 0.3) is 0 Å². The van der Waals surface area contributed by atoms with E-state index in [1.807, 2.05) is 30.3 Å². The zero-order valence-electron chi connectivity index (χ0n) is 17.1.